The number of hydrogen-bond donors (Lipinski definition) is 0. The number of aromatic nitrogens is 2. The Morgan fingerprint density at radius 1 is 0.767 bits per heavy atom. The molecule has 0 saturated heterocycles. The molecule has 154 valence electrons. The van der Waals surface area contributed by atoms with Crippen molar-refractivity contribution in [1.82, 2.24) is 9.55 Å². The van der Waals surface area contributed by atoms with Crippen LogP contribution in [0.4, 0.5) is 0 Å². The van der Waals surface area contributed by atoms with E-state index in [4.69, 9.17) is 14.5 Å². The van der Waals surface area contributed by atoms with Crippen molar-refractivity contribution in [3.8, 4) is 11.5 Å². The molecule has 4 rings (SSSR count). The first kappa shape index (κ1) is 20.0. The third-order valence-electron chi connectivity index (χ3n) is 5.32. The fourth-order valence-corrected chi connectivity index (χ4v) is 3.70. The third-order valence-corrected chi connectivity index (χ3v) is 5.32. The summed E-state index contributed by atoms with van der Waals surface area (Å²) in [6.45, 7) is 1.66. The fraction of sp³-hybridized carbons (Fsp3) is 0.269. The Kier molecular flexibility index (Phi) is 6.65. The molecule has 0 aliphatic carbocycles. The maximum Gasteiger partial charge on any atom is 0.119 e. The van der Waals surface area contributed by atoms with Crippen LogP contribution < -0.4 is 9.47 Å². The van der Waals surface area contributed by atoms with Crippen LogP contribution in [0.3, 0.4) is 0 Å². The number of unbranched alkanes of at least 4 members (excludes halogenated alkanes) is 1. The predicted molar refractivity (Wildman–Crippen MR) is 121 cm³/mol. The first-order valence-electron chi connectivity index (χ1n) is 10.6. The Morgan fingerprint density at radius 2 is 1.50 bits per heavy atom. The number of methoxy groups -OCH3 is 1. The summed E-state index contributed by atoms with van der Waals surface area (Å²) in [5.74, 6) is 2.89. The van der Waals surface area contributed by atoms with Crippen molar-refractivity contribution in [2.24, 2.45) is 0 Å². The summed E-state index contributed by atoms with van der Waals surface area (Å²) >= 11 is 0. The van der Waals surface area contributed by atoms with Gasteiger partial charge in [-0.3, -0.25) is 0 Å². The molecule has 0 bridgehead atoms. The molecule has 1 aromatic heterocycles. The summed E-state index contributed by atoms with van der Waals surface area (Å²) < 4.78 is 13.4. The molecule has 0 N–H and O–H groups in total. The predicted octanol–water partition coefficient (Wildman–Crippen LogP) is 5.69. The molecule has 0 aliphatic rings. The van der Waals surface area contributed by atoms with Crippen molar-refractivity contribution in [1.29, 1.82) is 0 Å². The van der Waals surface area contributed by atoms with E-state index in [0.717, 1.165) is 55.1 Å². The summed E-state index contributed by atoms with van der Waals surface area (Å²) in [7, 11) is 1.67. The number of fused-ring (bicyclic) bond motifs is 1. The monoisotopic (exact) mass is 400 g/mol. The van der Waals surface area contributed by atoms with Crippen molar-refractivity contribution >= 4 is 11.0 Å². The van der Waals surface area contributed by atoms with Crippen LogP contribution in [0.1, 0.15) is 24.2 Å². The van der Waals surface area contributed by atoms with E-state index < -0.39 is 0 Å². The highest BCUT2D eigenvalue weighted by Gasteiger charge is 2.10. The Bertz CT molecular complexity index is 1060. The molecule has 4 heteroatoms. The molecule has 0 radical (unpaired) electrons. The van der Waals surface area contributed by atoms with Gasteiger partial charge >= 0.3 is 0 Å². The van der Waals surface area contributed by atoms with E-state index in [-0.39, 0.29) is 0 Å². The average molecular weight is 401 g/mol. The zero-order chi connectivity index (χ0) is 20.6. The van der Waals surface area contributed by atoms with E-state index in [1.165, 1.54) is 11.1 Å². The van der Waals surface area contributed by atoms with Gasteiger partial charge in [-0.2, -0.15) is 0 Å². The van der Waals surface area contributed by atoms with Crippen molar-refractivity contribution in [3.05, 3.63) is 90.3 Å². The number of para-hydroxylation sites is 2. The largest absolute Gasteiger partial charge is 0.497 e. The molecule has 0 spiro atoms. The molecule has 3 aromatic carbocycles. The van der Waals surface area contributed by atoms with E-state index in [9.17, 15) is 0 Å². The van der Waals surface area contributed by atoms with E-state index in [2.05, 4.69) is 59.2 Å². The van der Waals surface area contributed by atoms with Crippen LogP contribution >= 0.6 is 0 Å². The maximum atomic E-state index is 5.87. The number of imidazole rings is 1. The van der Waals surface area contributed by atoms with Crippen LogP contribution in [0, 0.1) is 0 Å². The molecule has 1 heterocycles. The SMILES string of the molecule is COc1ccc(OCCCCn2c(CCc3ccccc3)nc3ccccc32)cc1. The minimum Gasteiger partial charge on any atom is -0.497 e. The molecular weight excluding hydrogens is 372 g/mol. The van der Waals surface area contributed by atoms with Gasteiger partial charge in [0.15, 0.2) is 0 Å². The highest BCUT2D eigenvalue weighted by Crippen LogP contribution is 2.20. The molecule has 0 saturated carbocycles. The summed E-state index contributed by atoms with van der Waals surface area (Å²) in [6, 6.07) is 26.8. The maximum absolute atomic E-state index is 5.87. The Labute approximate surface area is 178 Å². The van der Waals surface area contributed by atoms with Gasteiger partial charge in [0.2, 0.25) is 0 Å². The van der Waals surface area contributed by atoms with Gasteiger partial charge in [-0.25, -0.2) is 4.98 Å². The highest BCUT2D eigenvalue weighted by molar-refractivity contribution is 5.75. The van der Waals surface area contributed by atoms with Crippen molar-refractivity contribution < 1.29 is 9.47 Å². The van der Waals surface area contributed by atoms with Crippen molar-refractivity contribution in [2.75, 3.05) is 13.7 Å². The molecule has 0 unspecified atom stereocenters. The first-order valence-corrected chi connectivity index (χ1v) is 10.6. The lowest BCUT2D eigenvalue weighted by atomic mass is 10.1. The number of aryl methyl sites for hydroxylation is 3. The first-order chi connectivity index (χ1) is 14.8. The molecule has 30 heavy (non-hydrogen) atoms. The quantitative estimate of drug-likeness (QED) is 0.321. The highest BCUT2D eigenvalue weighted by atomic mass is 16.5. The van der Waals surface area contributed by atoms with Gasteiger partial charge in [-0.05, 0) is 61.2 Å². The summed E-state index contributed by atoms with van der Waals surface area (Å²) in [5.41, 5.74) is 3.65. The van der Waals surface area contributed by atoms with Gasteiger partial charge in [-0.15, -0.1) is 0 Å². The standard InChI is InChI=1S/C26H28N2O2/c1-29-22-14-16-23(17-15-22)30-20-8-7-19-28-25-12-6-5-11-24(25)27-26(28)18-13-21-9-3-2-4-10-21/h2-6,9-12,14-17H,7-8,13,18-20H2,1H3. The van der Waals surface area contributed by atoms with Crippen LogP contribution in [0.2, 0.25) is 0 Å². The number of hydrogen-bond acceptors (Lipinski definition) is 3. The molecule has 0 fully saturated rings. The summed E-state index contributed by atoms with van der Waals surface area (Å²) in [4.78, 5) is 4.91. The Hall–Kier alpha value is -3.27. The smallest absolute Gasteiger partial charge is 0.119 e. The number of ether oxygens (including phenoxy) is 2. The van der Waals surface area contributed by atoms with Crippen molar-refractivity contribution in [2.45, 2.75) is 32.2 Å². The molecule has 4 nitrogen and oxygen atoms in total. The molecule has 4 aromatic rings. The third kappa shape index (κ3) is 5.01. The van der Waals surface area contributed by atoms with Gasteiger partial charge in [0.05, 0.1) is 24.8 Å². The average Bonchev–Trinajstić information content (AvgIpc) is 3.16. The Morgan fingerprint density at radius 3 is 2.30 bits per heavy atom. The van der Waals surface area contributed by atoms with Crippen molar-refractivity contribution in [3.63, 3.8) is 0 Å². The van der Waals surface area contributed by atoms with Gasteiger partial charge < -0.3 is 14.0 Å². The van der Waals surface area contributed by atoms with Gasteiger partial charge in [-0.1, -0.05) is 42.5 Å². The second kappa shape index (κ2) is 9.97. The van der Waals surface area contributed by atoms with Crippen LogP contribution in [-0.4, -0.2) is 23.3 Å². The molecule has 0 amide bonds. The fourth-order valence-electron chi connectivity index (χ4n) is 3.70. The van der Waals surface area contributed by atoms with Gasteiger partial charge in [0, 0.05) is 13.0 Å². The molecule has 0 aliphatic heterocycles. The van der Waals surface area contributed by atoms with E-state index in [1.54, 1.807) is 7.11 Å². The van der Waals surface area contributed by atoms with E-state index >= 15 is 0 Å². The lowest BCUT2D eigenvalue weighted by Crippen LogP contribution is -2.07. The Balaban J connectivity index is 1.35. The van der Waals surface area contributed by atoms with E-state index in [1.807, 2.05) is 24.3 Å². The van der Waals surface area contributed by atoms with Crippen LogP contribution in [-0.2, 0) is 19.4 Å². The summed E-state index contributed by atoms with van der Waals surface area (Å²) in [5, 5.41) is 0. The molecular formula is C26H28N2O2. The lowest BCUT2D eigenvalue weighted by molar-refractivity contribution is 0.302. The second-order valence-corrected chi connectivity index (χ2v) is 7.39. The number of nitrogens with zero attached hydrogens (tertiary/aromatic N) is 2. The minimum atomic E-state index is 0.707. The zero-order valence-electron chi connectivity index (χ0n) is 17.5. The zero-order valence-corrected chi connectivity index (χ0v) is 17.5. The normalized spacial score (nSPS) is 11.0. The van der Waals surface area contributed by atoms with E-state index in [0.29, 0.717) is 6.61 Å². The minimum absolute atomic E-state index is 0.707. The topological polar surface area (TPSA) is 36.3 Å². The van der Waals surface area contributed by atoms with Crippen LogP contribution in [0.25, 0.3) is 11.0 Å². The molecule has 0 atom stereocenters. The number of benzene rings is 3. The number of rotatable bonds is 10. The summed E-state index contributed by atoms with van der Waals surface area (Å²) in [6.07, 6.45) is 4.00. The lowest BCUT2D eigenvalue weighted by Gasteiger charge is -2.10. The van der Waals surface area contributed by atoms with Gasteiger partial charge in [0.25, 0.3) is 0 Å². The van der Waals surface area contributed by atoms with Crippen LogP contribution in [0.15, 0.2) is 78.9 Å². The van der Waals surface area contributed by atoms with Gasteiger partial charge in [0.1, 0.15) is 17.3 Å². The second-order valence-electron chi connectivity index (χ2n) is 7.39. The van der Waals surface area contributed by atoms with Crippen LogP contribution in [0.5, 0.6) is 11.5 Å².